The maximum Gasteiger partial charge on any atom is 0.328 e. The summed E-state index contributed by atoms with van der Waals surface area (Å²) in [6.45, 7) is 6.07. The van der Waals surface area contributed by atoms with Crippen molar-refractivity contribution >= 4 is 23.5 Å². The molecular weight excluding hydrogens is 442 g/mol. The van der Waals surface area contributed by atoms with Gasteiger partial charge >= 0.3 is 11.7 Å². The highest BCUT2D eigenvalue weighted by molar-refractivity contribution is 6.30. The van der Waals surface area contributed by atoms with Crippen LogP contribution in [0.25, 0.3) is 0 Å². The third-order valence-corrected chi connectivity index (χ3v) is 6.76. The molecule has 0 aliphatic carbocycles. The standard InChI is InChI=1S/C21H30ClN3O7/c1-19(2,9-16(27)28)8-15(26)24-6-4-21(5-7-24)12-20(3,31)14(11-32-21)25-10-13(22)17(29)23-18(25)30/h10,14,31H,4-9,11-12H2,1-3H3,(H,27,28)(H,23,29,30)/t14-,20-/m0/s1. The third-order valence-electron chi connectivity index (χ3n) is 6.49. The Labute approximate surface area is 190 Å². The van der Waals surface area contributed by atoms with E-state index in [9.17, 15) is 24.3 Å². The SMILES string of the molecule is CC(C)(CC(=O)O)CC(=O)N1CCC2(CC1)C[C@](C)(O)[C@@H](n1cc(Cl)c(=O)[nH]c1=O)CO2. The van der Waals surface area contributed by atoms with Crippen LogP contribution in [0.5, 0.6) is 0 Å². The van der Waals surface area contributed by atoms with Gasteiger partial charge in [-0.05, 0) is 25.2 Å². The van der Waals surface area contributed by atoms with Crippen LogP contribution in [-0.4, -0.2) is 67.4 Å². The summed E-state index contributed by atoms with van der Waals surface area (Å²) in [6, 6.07) is -0.730. The molecule has 2 aliphatic rings. The molecule has 0 bridgehead atoms. The Morgan fingerprint density at radius 2 is 1.91 bits per heavy atom. The van der Waals surface area contributed by atoms with E-state index in [4.69, 9.17) is 21.4 Å². The van der Waals surface area contributed by atoms with Crippen molar-refractivity contribution in [3.05, 3.63) is 32.1 Å². The maximum absolute atomic E-state index is 12.7. The number of ether oxygens (including phenoxy) is 1. The van der Waals surface area contributed by atoms with Gasteiger partial charge in [0.2, 0.25) is 5.91 Å². The largest absolute Gasteiger partial charge is 0.481 e. The smallest absolute Gasteiger partial charge is 0.328 e. The van der Waals surface area contributed by atoms with Gasteiger partial charge in [0.05, 0.1) is 30.3 Å². The summed E-state index contributed by atoms with van der Waals surface area (Å²) in [7, 11) is 0. The highest BCUT2D eigenvalue weighted by atomic mass is 35.5. The zero-order valence-corrected chi connectivity index (χ0v) is 19.3. The number of hydrogen-bond acceptors (Lipinski definition) is 6. The molecule has 2 atom stereocenters. The molecule has 1 aromatic heterocycles. The van der Waals surface area contributed by atoms with E-state index in [1.807, 2.05) is 0 Å². The lowest BCUT2D eigenvalue weighted by molar-refractivity contribution is -0.198. The monoisotopic (exact) mass is 471 g/mol. The molecule has 3 N–H and O–H groups in total. The van der Waals surface area contributed by atoms with Gasteiger partial charge in [-0.25, -0.2) is 4.79 Å². The van der Waals surface area contributed by atoms with E-state index in [0.29, 0.717) is 25.9 Å². The molecule has 2 aliphatic heterocycles. The molecule has 2 fully saturated rings. The predicted molar refractivity (Wildman–Crippen MR) is 116 cm³/mol. The maximum atomic E-state index is 12.7. The summed E-state index contributed by atoms with van der Waals surface area (Å²) in [4.78, 5) is 51.3. The Morgan fingerprint density at radius 3 is 2.47 bits per heavy atom. The van der Waals surface area contributed by atoms with Crippen molar-refractivity contribution in [2.24, 2.45) is 5.41 Å². The fourth-order valence-corrected chi connectivity index (χ4v) is 4.96. The van der Waals surface area contributed by atoms with Crippen molar-refractivity contribution in [2.45, 2.75) is 70.1 Å². The number of piperidine rings is 1. The number of likely N-dealkylation sites (tertiary alicyclic amines) is 1. The Kier molecular flexibility index (Phi) is 6.61. The Bertz CT molecular complexity index is 1010. The van der Waals surface area contributed by atoms with Crippen LogP contribution in [0.3, 0.4) is 0 Å². The molecule has 3 rings (SSSR count). The van der Waals surface area contributed by atoms with Gasteiger partial charge in [-0.3, -0.25) is 23.9 Å². The molecule has 3 heterocycles. The first-order valence-corrected chi connectivity index (χ1v) is 11.0. The first-order chi connectivity index (χ1) is 14.7. The number of amides is 1. The van der Waals surface area contributed by atoms with E-state index in [2.05, 4.69) is 4.98 Å². The number of carbonyl (C=O) groups excluding carboxylic acids is 1. The number of carboxylic acids is 1. The Hall–Kier alpha value is -2.17. The number of carbonyl (C=O) groups is 2. The summed E-state index contributed by atoms with van der Waals surface area (Å²) < 4.78 is 7.34. The lowest BCUT2D eigenvalue weighted by atomic mass is 9.75. The van der Waals surface area contributed by atoms with Crippen LogP contribution >= 0.6 is 11.6 Å². The van der Waals surface area contributed by atoms with E-state index in [-0.39, 0.29) is 36.8 Å². The number of halogens is 1. The average Bonchev–Trinajstić information content (AvgIpc) is 2.63. The quantitative estimate of drug-likeness (QED) is 0.584. The Morgan fingerprint density at radius 1 is 1.28 bits per heavy atom. The molecule has 0 unspecified atom stereocenters. The molecule has 32 heavy (non-hydrogen) atoms. The molecule has 1 aromatic rings. The molecule has 1 amide bonds. The van der Waals surface area contributed by atoms with E-state index >= 15 is 0 Å². The number of aliphatic hydroxyl groups is 1. The number of aliphatic carboxylic acids is 1. The molecule has 178 valence electrons. The number of rotatable bonds is 5. The van der Waals surface area contributed by atoms with Crippen molar-refractivity contribution < 1.29 is 24.5 Å². The van der Waals surface area contributed by atoms with Crippen LogP contribution < -0.4 is 11.2 Å². The van der Waals surface area contributed by atoms with Gasteiger partial charge in [0.1, 0.15) is 5.02 Å². The molecule has 0 saturated carbocycles. The lowest BCUT2D eigenvalue weighted by Crippen LogP contribution is -2.59. The zero-order chi connectivity index (χ0) is 23.9. The second-order valence-corrected chi connectivity index (χ2v) is 10.4. The van der Waals surface area contributed by atoms with Crippen molar-refractivity contribution in [3.63, 3.8) is 0 Å². The van der Waals surface area contributed by atoms with Crippen LogP contribution in [0.2, 0.25) is 5.02 Å². The first-order valence-electron chi connectivity index (χ1n) is 10.6. The molecule has 11 heteroatoms. The average molecular weight is 472 g/mol. The van der Waals surface area contributed by atoms with Gasteiger partial charge in [-0.1, -0.05) is 25.4 Å². The van der Waals surface area contributed by atoms with Crippen molar-refractivity contribution in [1.82, 2.24) is 14.5 Å². The number of nitrogens with zero attached hydrogens (tertiary/aromatic N) is 2. The van der Waals surface area contributed by atoms with Crippen molar-refractivity contribution in [2.75, 3.05) is 19.7 Å². The van der Waals surface area contributed by atoms with Gasteiger partial charge in [0, 0.05) is 32.1 Å². The third kappa shape index (κ3) is 5.24. The number of aromatic amines is 1. The predicted octanol–water partition coefficient (Wildman–Crippen LogP) is 1.15. The molecule has 0 radical (unpaired) electrons. The Balaban J connectivity index is 1.66. The number of hydrogen-bond donors (Lipinski definition) is 3. The minimum Gasteiger partial charge on any atom is -0.481 e. The zero-order valence-electron chi connectivity index (χ0n) is 18.5. The van der Waals surface area contributed by atoms with E-state index in [0.717, 1.165) is 0 Å². The molecular formula is C21H30ClN3O7. The fraction of sp³-hybridized carbons (Fsp3) is 0.714. The van der Waals surface area contributed by atoms with Gasteiger partial charge in [-0.15, -0.1) is 0 Å². The normalized spacial score (nSPS) is 25.7. The molecule has 1 spiro atoms. The summed E-state index contributed by atoms with van der Waals surface area (Å²) >= 11 is 5.86. The summed E-state index contributed by atoms with van der Waals surface area (Å²) in [6.07, 6.45) is 2.55. The number of carboxylic acid groups (broad SMARTS) is 1. The van der Waals surface area contributed by atoms with Crippen LogP contribution in [-0.2, 0) is 14.3 Å². The molecule has 2 saturated heterocycles. The van der Waals surface area contributed by atoms with Crippen LogP contribution in [0, 0.1) is 5.41 Å². The van der Waals surface area contributed by atoms with Crippen molar-refractivity contribution in [1.29, 1.82) is 0 Å². The minimum atomic E-state index is -1.31. The van der Waals surface area contributed by atoms with Crippen LogP contribution in [0.1, 0.15) is 58.9 Å². The lowest BCUT2D eigenvalue weighted by Gasteiger charge is -2.51. The first kappa shape index (κ1) is 24.5. The molecule has 10 nitrogen and oxygen atoms in total. The number of nitrogens with one attached hydrogen (secondary N) is 1. The van der Waals surface area contributed by atoms with Crippen LogP contribution in [0.15, 0.2) is 15.8 Å². The van der Waals surface area contributed by atoms with Gasteiger partial charge < -0.3 is 19.8 Å². The number of aromatic nitrogens is 2. The second kappa shape index (κ2) is 8.64. The van der Waals surface area contributed by atoms with Gasteiger partial charge in [0.25, 0.3) is 5.56 Å². The van der Waals surface area contributed by atoms with Crippen molar-refractivity contribution in [3.8, 4) is 0 Å². The summed E-state index contributed by atoms with van der Waals surface area (Å²) in [5, 5.41) is 20.1. The van der Waals surface area contributed by atoms with E-state index in [1.54, 1.807) is 25.7 Å². The van der Waals surface area contributed by atoms with E-state index in [1.165, 1.54) is 10.8 Å². The van der Waals surface area contributed by atoms with Gasteiger partial charge in [-0.2, -0.15) is 0 Å². The summed E-state index contributed by atoms with van der Waals surface area (Å²) in [5.41, 5.74) is -3.94. The number of H-pyrrole nitrogens is 1. The molecule has 0 aromatic carbocycles. The van der Waals surface area contributed by atoms with E-state index < -0.39 is 39.9 Å². The van der Waals surface area contributed by atoms with Gasteiger partial charge in [0.15, 0.2) is 0 Å². The van der Waals surface area contributed by atoms with Crippen LogP contribution in [0.4, 0.5) is 0 Å². The minimum absolute atomic E-state index is 0.0505. The summed E-state index contributed by atoms with van der Waals surface area (Å²) in [5.74, 6) is -1.03. The second-order valence-electron chi connectivity index (χ2n) is 9.98. The fourth-order valence-electron chi connectivity index (χ4n) is 4.81. The topological polar surface area (TPSA) is 142 Å². The highest BCUT2D eigenvalue weighted by Gasteiger charge is 2.50. The highest BCUT2D eigenvalue weighted by Crippen LogP contribution is 2.43.